The molecule has 2 amide bonds. The highest BCUT2D eigenvalue weighted by molar-refractivity contribution is 7.90. The fraction of sp³-hybridized carbons (Fsp3) is 0.389. The molecule has 2 aromatic rings. The highest BCUT2D eigenvalue weighted by Gasteiger charge is 2.31. The molecule has 0 fully saturated rings. The van der Waals surface area contributed by atoms with Gasteiger partial charge in [-0.25, -0.2) is 8.42 Å². The van der Waals surface area contributed by atoms with Crippen LogP contribution in [0.4, 0.5) is 0 Å². The van der Waals surface area contributed by atoms with E-state index in [1.54, 1.807) is 27.7 Å². The Balaban J connectivity index is 2.45. The van der Waals surface area contributed by atoms with Crippen LogP contribution in [-0.4, -0.2) is 37.5 Å². The summed E-state index contributed by atoms with van der Waals surface area (Å²) in [4.78, 5) is 25.0. The van der Waals surface area contributed by atoms with E-state index in [0.29, 0.717) is 5.02 Å². The summed E-state index contributed by atoms with van der Waals surface area (Å²) in [6.07, 6.45) is 0. The van der Waals surface area contributed by atoms with Crippen LogP contribution < -0.4 is 10.6 Å². The minimum atomic E-state index is -3.84. The summed E-state index contributed by atoms with van der Waals surface area (Å²) in [5.41, 5.74) is -0.327. The van der Waals surface area contributed by atoms with E-state index in [4.69, 9.17) is 16.1 Å². The van der Waals surface area contributed by atoms with Crippen molar-refractivity contribution in [3.63, 3.8) is 0 Å². The number of carbonyl (C=O) groups is 2. The largest absolute Gasteiger partial charge is 0.350 e. The van der Waals surface area contributed by atoms with Crippen LogP contribution in [0.2, 0.25) is 5.02 Å². The predicted octanol–water partition coefficient (Wildman–Crippen LogP) is 2.58. The molecule has 0 unspecified atom stereocenters. The van der Waals surface area contributed by atoms with Gasteiger partial charge in [0.05, 0.1) is 4.90 Å². The summed E-state index contributed by atoms with van der Waals surface area (Å²) in [6.45, 7) is 6.97. The first kappa shape index (κ1) is 21.9. The summed E-state index contributed by atoms with van der Waals surface area (Å²) >= 11 is 5.80. The molecular formula is C18H22ClN3O5S. The van der Waals surface area contributed by atoms with Gasteiger partial charge in [0, 0.05) is 17.1 Å². The molecule has 2 N–H and O–H groups in total. The SMILES string of the molecule is CC(C)NC(=O)c1onc(CS(=O)(=O)c2ccc(Cl)cc2)c1C(=O)NC(C)C. The number of halogens is 1. The molecule has 1 aromatic carbocycles. The number of hydrogen-bond acceptors (Lipinski definition) is 6. The van der Waals surface area contributed by atoms with Gasteiger partial charge < -0.3 is 15.2 Å². The second-order valence-electron chi connectivity index (χ2n) is 6.80. The van der Waals surface area contributed by atoms with Gasteiger partial charge >= 0.3 is 0 Å². The Morgan fingerprint density at radius 3 is 2.11 bits per heavy atom. The van der Waals surface area contributed by atoms with Crippen LogP contribution in [0.25, 0.3) is 0 Å². The molecule has 2 rings (SSSR count). The first-order valence-corrected chi connectivity index (χ1v) is 10.6. The lowest BCUT2D eigenvalue weighted by Crippen LogP contribution is -2.35. The number of nitrogens with one attached hydrogen (secondary N) is 2. The number of hydrogen-bond donors (Lipinski definition) is 2. The molecule has 1 heterocycles. The van der Waals surface area contributed by atoms with Crippen LogP contribution in [0.5, 0.6) is 0 Å². The topological polar surface area (TPSA) is 118 Å². The molecule has 1 aromatic heterocycles. The molecule has 0 bridgehead atoms. The molecule has 0 saturated carbocycles. The van der Waals surface area contributed by atoms with Crippen LogP contribution in [0, 0.1) is 0 Å². The van der Waals surface area contributed by atoms with Crippen LogP contribution in [0.1, 0.15) is 54.3 Å². The van der Waals surface area contributed by atoms with Crippen LogP contribution in [-0.2, 0) is 15.6 Å². The van der Waals surface area contributed by atoms with Crippen LogP contribution in [0.15, 0.2) is 33.7 Å². The smallest absolute Gasteiger partial charge is 0.290 e. The zero-order valence-corrected chi connectivity index (χ0v) is 17.5. The molecule has 0 aliphatic heterocycles. The first-order chi connectivity index (χ1) is 13.0. The van der Waals surface area contributed by atoms with E-state index >= 15 is 0 Å². The number of aromatic nitrogens is 1. The van der Waals surface area contributed by atoms with Crippen molar-refractivity contribution in [2.75, 3.05) is 0 Å². The predicted molar refractivity (Wildman–Crippen MR) is 104 cm³/mol. The standard InChI is InChI=1S/C18H22ClN3O5S/c1-10(2)20-17(23)15-14(22-27-16(15)18(24)21-11(3)4)9-28(25,26)13-7-5-12(19)6-8-13/h5-8,10-11H,9H2,1-4H3,(H,20,23)(H,21,24). The van der Waals surface area contributed by atoms with E-state index in [2.05, 4.69) is 15.8 Å². The van der Waals surface area contributed by atoms with E-state index in [0.717, 1.165) is 0 Å². The molecule has 0 aliphatic carbocycles. The highest BCUT2D eigenvalue weighted by Crippen LogP contribution is 2.22. The van der Waals surface area contributed by atoms with Gasteiger partial charge in [0.1, 0.15) is 17.0 Å². The van der Waals surface area contributed by atoms with Crippen molar-refractivity contribution in [2.24, 2.45) is 0 Å². The molecule has 0 spiro atoms. The summed E-state index contributed by atoms with van der Waals surface area (Å²) in [5, 5.41) is 9.33. The minimum Gasteiger partial charge on any atom is -0.350 e. The summed E-state index contributed by atoms with van der Waals surface area (Å²) in [7, 11) is -3.84. The number of carbonyl (C=O) groups excluding carboxylic acids is 2. The summed E-state index contributed by atoms with van der Waals surface area (Å²) in [6, 6.07) is 5.18. The second kappa shape index (κ2) is 8.74. The fourth-order valence-corrected chi connectivity index (χ4v) is 3.78. The molecule has 0 radical (unpaired) electrons. The van der Waals surface area contributed by atoms with Gasteiger partial charge in [-0.2, -0.15) is 0 Å². The maximum Gasteiger partial charge on any atom is 0.290 e. The zero-order valence-electron chi connectivity index (χ0n) is 15.9. The average molecular weight is 428 g/mol. The van der Waals surface area contributed by atoms with Crippen LogP contribution in [0.3, 0.4) is 0 Å². The molecule has 0 atom stereocenters. The molecule has 152 valence electrons. The van der Waals surface area contributed by atoms with Crippen molar-refractivity contribution < 1.29 is 22.5 Å². The Hall–Kier alpha value is -2.39. The average Bonchev–Trinajstić information content (AvgIpc) is 2.97. The Bertz CT molecular complexity index is 966. The van der Waals surface area contributed by atoms with Crippen molar-refractivity contribution in [3.05, 3.63) is 46.3 Å². The highest BCUT2D eigenvalue weighted by atomic mass is 35.5. The molecule has 8 nitrogen and oxygen atoms in total. The van der Waals surface area contributed by atoms with Crippen molar-refractivity contribution in [3.8, 4) is 0 Å². The van der Waals surface area contributed by atoms with Gasteiger partial charge in [0.25, 0.3) is 11.8 Å². The zero-order chi connectivity index (χ0) is 21.1. The second-order valence-corrected chi connectivity index (χ2v) is 9.23. The maximum atomic E-state index is 12.7. The lowest BCUT2D eigenvalue weighted by atomic mass is 10.1. The lowest BCUT2D eigenvalue weighted by molar-refractivity contribution is 0.0880. The van der Waals surface area contributed by atoms with Crippen molar-refractivity contribution >= 4 is 33.3 Å². The summed E-state index contributed by atoms with van der Waals surface area (Å²) < 4.78 is 30.5. The monoisotopic (exact) mass is 427 g/mol. The van der Waals surface area contributed by atoms with E-state index in [-0.39, 0.29) is 34.0 Å². The quantitative estimate of drug-likeness (QED) is 0.701. The lowest BCUT2D eigenvalue weighted by Gasteiger charge is -2.10. The number of nitrogens with zero attached hydrogens (tertiary/aromatic N) is 1. The Morgan fingerprint density at radius 1 is 1.04 bits per heavy atom. The van der Waals surface area contributed by atoms with E-state index in [9.17, 15) is 18.0 Å². The fourth-order valence-electron chi connectivity index (χ4n) is 2.38. The minimum absolute atomic E-state index is 0.0169. The summed E-state index contributed by atoms with van der Waals surface area (Å²) in [5.74, 6) is -2.21. The number of sulfone groups is 1. The van der Waals surface area contributed by atoms with E-state index in [1.807, 2.05) is 0 Å². The third-order valence-corrected chi connectivity index (χ3v) is 5.43. The van der Waals surface area contributed by atoms with Gasteiger partial charge in [-0.05, 0) is 52.0 Å². The van der Waals surface area contributed by atoms with E-state index in [1.165, 1.54) is 24.3 Å². The van der Waals surface area contributed by atoms with Crippen LogP contribution >= 0.6 is 11.6 Å². The van der Waals surface area contributed by atoms with Crippen molar-refractivity contribution in [1.82, 2.24) is 15.8 Å². The number of rotatable bonds is 7. The third kappa shape index (κ3) is 5.32. The van der Waals surface area contributed by atoms with Gasteiger partial charge in [0.15, 0.2) is 9.84 Å². The molecule has 0 aliphatic rings. The van der Waals surface area contributed by atoms with Gasteiger partial charge in [-0.15, -0.1) is 0 Å². The molecule has 0 saturated heterocycles. The molecule has 28 heavy (non-hydrogen) atoms. The normalized spacial score (nSPS) is 11.7. The maximum absolute atomic E-state index is 12.7. The van der Waals surface area contributed by atoms with Gasteiger partial charge in [0.2, 0.25) is 5.76 Å². The Labute approximate surface area is 168 Å². The van der Waals surface area contributed by atoms with Crippen molar-refractivity contribution in [2.45, 2.75) is 50.4 Å². The van der Waals surface area contributed by atoms with Crippen molar-refractivity contribution in [1.29, 1.82) is 0 Å². The Morgan fingerprint density at radius 2 is 1.57 bits per heavy atom. The number of benzene rings is 1. The Kier molecular flexibility index (Phi) is 6.84. The van der Waals surface area contributed by atoms with E-state index < -0.39 is 27.4 Å². The van der Waals surface area contributed by atoms with Gasteiger partial charge in [-0.3, -0.25) is 9.59 Å². The third-order valence-electron chi connectivity index (χ3n) is 3.54. The first-order valence-electron chi connectivity index (χ1n) is 8.60. The molecular weight excluding hydrogens is 406 g/mol. The molecule has 10 heteroatoms. The number of amides is 2. The van der Waals surface area contributed by atoms with Gasteiger partial charge in [-0.1, -0.05) is 16.8 Å².